The van der Waals surface area contributed by atoms with E-state index in [1.807, 2.05) is 0 Å². The number of esters is 1. The summed E-state index contributed by atoms with van der Waals surface area (Å²) in [6.45, 7) is 3.26. The Morgan fingerprint density at radius 3 is 2.37 bits per heavy atom. The second kappa shape index (κ2) is 9.29. The van der Waals surface area contributed by atoms with Gasteiger partial charge >= 0.3 is 11.9 Å². The number of carboxylic acids is 1. The number of hydrogen-bond donors (Lipinski definition) is 3. The molecule has 0 aliphatic heterocycles. The van der Waals surface area contributed by atoms with E-state index in [1.165, 1.54) is 18.2 Å². The first kappa shape index (κ1) is 16.2. The Hall–Kier alpha value is -2.76. The molecule has 102 valence electrons. The van der Waals surface area contributed by atoms with Gasteiger partial charge in [0.2, 0.25) is 0 Å². The normalized spacial score (nSPS) is 9.26. The highest BCUT2D eigenvalue weighted by Gasteiger charge is 2.05. The second-order valence-corrected chi connectivity index (χ2v) is 3.04. The lowest BCUT2D eigenvalue weighted by Gasteiger charge is -1.95. The fourth-order valence-corrected chi connectivity index (χ4v) is 0.887. The van der Waals surface area contributed by atoms with Gasteiger partial charge in [-0.25, -0.2) is 9.59 Å². The molecule has 1 aromatic carbocycles. The highest BCUT2D eigenvalue weighted by molar-refractivity contribution is 5.90. The van der Waals surface area contributed by atoms with Gasteiger partial charge in [-0.3, -0.25) is 0 Å². The number of phenols is 1. The van der Waals surface area contributed by atoms with E-state index in [9.17, 15) is 9.59 Å². The number of carbonyl (C=O) groups excluding carboxylic acids is 1. The van der Waals surface area contributed by atoms with Gasteiger partial charge in [-0.05, 0) is 18.2 Å². The highest BCUT2D eigenvalue weighted by atomic mass is 16.5. The quantitative estimate of drug-likeness (QED) is 0.436. The van der Waals surface area contributed by atoms with Crippen molar-refractivity contribution in [3.63, 3.8) is 0 Å². The van der Waals surface area contributed by atoms with Gasteiger partial charge in [-0.2, -0.15) is 0 Å². The van der Waals surface area contributed by atoms with E-state index < -0.39 is 11.9 Å². The maximum Gasteiger partial charge on any atom is 0.339 e. The Bertz CT molecular complexity index is 464. The van der Waals surface area contributed by atoms with Crippen molar-refractivity contribution in [3.05, 3.63) is 54.8 Å². The van der Waals surface area contributed by atoms with E-state index in [0.29, 0.717) is 0 Å². The maximum absolute atomic E-state index is 10.3. The van der Waals surface area contributed by atoms with Crippen LogP contribution in [-0.4, -0.2) is 33.9 Å². The first-order valence-corrected chi connectivity index (χ1v) is 5.12. The number of aliphatic hydroxyl groups excluding tert-OH is 1. The molecule has 0 amide bonds. The van der Waals surface area contributed by atoms with E-state index in [-0.39, 0.29) is 17.9 Å². The fourth-order valence-electron chi connectivity index (χ4n) is 0.887. The molecule has 0 radical (unpaired) electrons. The lowest BCUT2D eigenvalue weighted by atomic mass is 10.2. The fraction of sp³-hybridized carbons (Fsp3) is 0.0769. The van der Waals surface area contributed by atoms with Crippen LogP contribution in [0.5, 0.6) is 5.75 Å². The van der Waals surface area contributed by atoms with Gasteiger partial charge < -0.3 is 20.1 Å². The molecule has 0 saturated carbocycles. The topological polar surface area (TPSA) is 104 Å². The average Bonchev–Trinajstić information content (AvgIpc) is 2.39. The molecule has 3 N–H and O–H groups in total. The summed E-state index contributed by atoms with van der Waals surface area (Å²) in [5, 5.41) is 25.4. The molecule has 19 heavy (non-hydrogen) atoms. The van der Waals surface area contributed by atoms with Crippen LogP contribution in [0.4, 0.5) is 0 Å². The van der Waals surface area contributed by atoms with Gasteiger partial charge in [-0.1, -0.05) is 18.7 Å². The smallest absolute Gasteiger partial charge is 0.339 e. The van der Waals surface area contributed by atoms with E-state index in [1.54, 1.807) is 12.1 Å². The van der Waals surface area contributed by atoms with Crippen molar-refractivity contribution in [1.82, 2.24) is 0 Å². The molecule has 0 aromatic heterocycles. The van der Waals surface area contributed by atoms with Gasteiger partial charge in [0.25, 0.3) is 0 Å². The first-order chi connectivity index (χ1) is 9.02. The number of hydrogen-bond acceptors (Lipinski definition) is 5. The first-order valence-electron chi connectivity index (χ1n) is 5.12. The van der Waals surface area contributed by atoms with Crippen molar-refractivity contribution in [2.75, 3.05) is 6.61 Å². The van der Waals surface area contributed by atoms with E-state index in [0.717, 1.165) is 12.3 Å². The number of para-hydroxylation sites is 1. The second-order valence-electron chi connectivity index (χ2n) is 3.04. The van der Waals surface area contributed by atoms with Crippen molar-refractivity contribution in [2.24, 2.45) is 0 Å². The molecule has 0 unspecified atom stereocenters. The highest BCUT2D eigenvalue weighted by Crippen LogP contribution is 2.14. The molecule has 0 atom stereocenters. The molecule has 0 heterocycles. The van der Waals surface area contributed by atoms with Crippen molar-refractivity contribution in [3.8, 4) is 5.75 Å². The molecule has 6 nitrogen and oxygen atoms in total. The van der Waals surface area contributed by atoms with Crippen LogP contribution in [0.15, 0.2) is 49.3 Å². The lowest BCUT2D eigenvalue weighted by Crippen LogP contribution is -1.98. The predicted molar refractivity (Wildman–Crippen MR) is 68.0 cm³/mol. The summed E-state index contributed by atoms with van der Waals surface area (Å²) in [5.41, 5.74) is -0.0671. The van der Waals surface area contributed by atoms with Crippen LogP contribution in [0.1, 0.15) is 10.4 Å². The Kier molecular flexibility index (Phi) is 7.94. The molecular formula is C13H14O6. The minimum Gasteiger partial charge on any atom is -0.516 e. The Balaban J connectivity index is 0.000000344. The SMILES string of the molecule is C=CC(=O)OCC=CO.O=C(O)c1ccccc1O. The van der Waals surface area contributed by atoms with Crippen molar-refractivity contribution in [1.29, 1.82) is 0 Å². The molecule has 0 aliphatic rings. The average molecular weight is 266 g/mol. The molecule has 0 bridgehead atoms. The summed E-state index contributed by atoms with van der Waals surface area (Å²) in [4.78, 5) is 20.5. The number of aromatic carboxylic acids is 1. The van der Waals surface area contributed by atoms with Gasteiger partial charge in [0.15, 0.2) is 0 Å². The largest absolute Gasteiger partial charge is 0.516 e. The molecule has 0 saturated heterocycles. The molecule has 0 aliphatic carbocycles. The van der Waals surface area contributed by atoms with Crippen LogP contribution in [0.3, 0.4) is 0 Å². The molecule has 0 fully saturated rings. The minimum atomic E-state index is -1.11. The predicted octanol–water partition coefficient (Wildman–Crippen LogP) is 1.88. The summed E-state index contributed by atoms with van der Waals surface area (Å²) in [6, 6.07) is 5.81. The summed E-state index contributed by atoms with van der Waals surface area (Å²) < 4.78 is 4.43. The Labute approximate surface area is 109 Å². The zero-order valence-corrected chi connectivity index (χ0v) is 10.0. The standard InChI is InChI=1S/C7H6O3.C6H8O3/c8-6-4-2-1-3-5(6)7(9)10;1-2-6(8)9-5-3-4-7/h1-4,8H,(H,9,10);2-4,7H,1,5H2. The number of aliphatic hydroxyl groups is 1. The number of aromatic hydroxyl groups is 1. The maximum atomic E-state index is 10.3. The molecule has 1 aromatic rings. The number of rotatable bonds is 4. The van der Waals surface area contributed by atoms with Crippen molar-refractivity contribution >= 4 is 11.9 Å². The monoisotopic (exact) mass is 266 g/mol. The minimum absolute atomic E-state index is 0.0671. The van der Waals surface area contributed by atoms with E-state index >= 15 is 0 Å². The van der Waals surface area contributed by atoms with Crippen molar-refractivity contribution < 1.29 is 29.6 Å². The Morgan fingerprint density at radius 1 is 1.32 bits per heavy atom. The van der Waals surface area contributed by atoms with Crippen LogP contribution in [-0.2, 0) is 9.53 Å². The molecule has 6 heteroatoms. The number of carboxylic acid groups (broad SMARTS) is 1. The summed E-state index contributed by atoms with van der Waals surface area (Å²) in [6.07, 6.45) is 3.18. The van der Waals surface area contributed by atoms with Crippen LogP contribution in [0.25, 0.3) is 0 Å². The molecular weight excluding hydrogens is 252 g/mol. The van der Waals surface area contributed by atoms with E-state index in [2.05, 4.69) is 11.3 Å². The molecule has 1 rings (SSSR count). The third-order valence-corrected chi connectivity index (χ3v) is 1.73. The zero-order chi connectivity index (χ0) is 14.7. The van der Waals surface area contributed by atoms with E-state index in [4.69, 9.17) is 15.3 Å². The van der Waals surface area contributed by atoms with Gasteiger partial charge in [0.1, 0.15) is 17.9 Å². The van der Waals surface area contributed by atoms with Crippen molar-refractivity contribution in [2.45, 2.75) is 0 Å². The van der Waals surface area contributed by atoms with Gasteiger partial charge in [-0.15, -0.1) is 0 Å². The third-order valence-electron chi connectivity index (χ3n) is 1.73. The zero-order valence-electron chi connectivity index (χ0n) is 10.0. The lowest BCUT2D eigenvalue weighted by molar-refractivity contribution is -0.136. The van der Waals surface area contributed by atoms with Crippen LogP contribution < -0.4 is 0 Å². The van der Waals surface area contributed by atoms with Crippen LogP contribution in [0.2, 0.25) is 0 Å². The summed E-state index contributed by atoms with van der Waals surface area (Å²) >= 11 is 0. The third kappa shape index (κ3) is 7.22. The summed E-state index contributed by atoms with van der Waals surface area (Å²) in [5.74, 6) is -1.80. The van der Waals surface area contributed by atoms with Gasteiger partial charge in [0, 0.05) is 6.08 Å². The summed E-state index contributed by atoms with van der Waals surface area (Å²) in [7, 11) is 0. The number of ether oxygens (including phenoxy) is 1. The van der Waals surface area contributed by atoms with Crippen LogP contribution in [0, 0.1) is 0 Å². The van der Waals surface area contributed by atoms with Crippen LogP contribution >= 0.6 is 0 Å². The number of carbonyl (C=O) groups is 2. The molecule has 0 spiro atoms. The Morgan fingerprint density at radius 2 is 1.95 bits per heavy atom. The van der Waals surface area contributed by atoms with Gasteiger partial charge in [0.05, 0.1) is 6.26 Å². The number of benzene rings is 1.